The molecule has 90 valence electrons. The summed E-state index contributed by atoms with van der Waals surface area (Å²) >= 11 is 0. The van der Waals surface area contributed by atoms with Crippen LogP contribution in [0.15, 0.2) is 0 Å². The number of rotatable bonds is 5. The topological polar surface area (TPSA) is 153 Å². The second kappa shape index (κ2) is 9.34. The van der Waals surface area contributed by atoms with Gasteiger partial charge in [-0.15, -0.1) is 0 Å². The minimum absolute atomic E-state index is 0.369. The maximum atomic E-state index is 9.94. The van der Waals surface area contributed by atoms with Crippen molar-refractivity contribution in [2.75, 3.05) is 20.3 Å². The largest absolute Gasteiger partial charge is 0.480 e. The van der Waals surface area contributed by atoms with Crippen LogP contribution in [0.2, 0.25) is 0 Å². The van der Waals surface area contributed by atoms with E-state index in [-0.39, 0.29) is 6.61 Å². The van der Waals surface area contributed by atoms with Gasteiger partial charge in [0.2, 0.25) is 0 Å². The average molecular weight is 224 g/mol. The second-order valence-electron chi connectivity index (χ2n) is 2.49. The van der Waals surface area contributed by atoms with E-state index in [0.717, 1.165) is 0 Å². The first-order valence-corrected chi connectivity index (χ1v) is 4.00. The highest BCUT2D eigenvalue weighted by Gasteiger charge is 2.11. The maximum absolute atomic E-state index is 9.94. The highest BCUT2D eigenvalue weighted by molar-refractivity contribution is 5.73. The molecule has 7 N–H and O–H groups in total. The molecule has 0 fully saturated rings. The van der Waals surface area contributed by atoms with Gasteiger partial charge in [-0.25, -0.2) is 0 Å². The van der Waals surface area contributed by atoms with E-state index in [2.05, 4.69) is 5.32 Å². The number of hydrogen-bond acceptors (Lipinski definition) is 6. The molecular formula is C7H16N2O6. The molecule has 0 aromatic heterocycles. The Hall–Kier alpha value is -1.22. The van der Waals surface area contributed by atoms with Gasteiger partial charge in [0.25, 0.3) is 0 Å². The van der Waals surface area contributed by atoms with Crippen LogP contribution < -0.4 is 11.1 Å². The van der Waals surface area contributed by atoms with Crippen LogP contribution in [0.1, 0.15) is 0 Å². The van der Waals surface area contributed by atoms with Crippen LogP contribution in [0, 0.1) is 0 Å². The molecule has 0 amide bonds. The van der Waals surface area contributed by atoms with Crippen molar-refractivity contribution in [3.63, 3.8) is 0 Å². The molecule has 0 spiro atoms. The maximum Gasteiger partial charge on any atom is 0.323 e. The fraction of sp³-hybridized carbons (Fsp3) is 0.714. The first-order chi connectivity index (χ1) is 6.90. The quantitative estimate of drug-likeness (QED) is 0.289. The van der Waals surface area contributed by atoms with Crippen molar-refractivity contribution in [1.82, 2.24) is 5.32 Å². The van der Waals surface area contributed by atoms with Gasteiger partial charge in [-0.05, 0) is 7.05 Å². The summed E-state index contributed by atoms with van der Waals surface area (Å²) < 4.78 is 0. The van der Waals surface area contributed by atoms with Gasteiger partial charge in [0.1, 0.15) is 12.1 Å². The van der Waals surface area contributed by atoms with Crippen molar-refractivity contribution in [3.8, 4) is 0 Å². The lowest BCUT2D eigenvalue weighted by atomic mass is 10.3. The van der Waals surface area contributed by atoms with Crippen LogP contribution in [0.25, 0.3) is 0 Å². The van der Waals surface area contributed by atoms with Gasteiger partial charge in [-0.3, -0.25) is 9.59 Å². The molecule has 2 unspecified atom stereocenters. The fourth-order valence-corrected chi connectivity index (χ4v) is 0.371. The summed E-state index contributed by atoms with van der Waals surface area (Å²) in [5.74, 6) is -2.21. The van der Waals surface area contributed by atoms with E-state index < -0.39 is 30.6 Å². The molecule has 0 heterocycles. The van der Waals surface area contributed by atoms with Crippen LogP contribution in [-0.4, -0.2) is 64.7 Å². The number of carbonyl (C=O) groups is 2. The first kappa shape index (κ1) is 16.2. The highest BCUT2D eigenvalue weighted by atomic mass is 16.4. The molecule has 0 aliphatic carbocycles. The number of carboxylic acids is 2. The van der Waals surface area contributed by atoms with E-state index in [0.29, 0.717) is 0 Å². The lowest BCUT2D eigenvalue weighted by molar-refractivity contribution is -0.140. The molecule has 0 radical (unpaired) electrons. The zero-order valence-electron chi connectivity index (χ0n) is 8.25. The molecule has 0 rings (SSSR count). The lowest BCUT2D eigenvalue weighted by Gasteiger charge is -2.04. The molecular weight excluding hydrogens is 208 g/mol. The predicted molar refractivity (Wildman–Crippen MR) is 50.3 cm³/mol. The number of nitrogens with one attached hydrogen (secondary N) is 1. The van der Waals surface area contributed by atoms with E-state index in [1.165, 1.54) is 7.05 Å². The Morgan fingerprint density at radius 1 is 1.20 bits per heavy atom. The standard InChI is InChI=1S/C4H9NO3.C3H7NO3/c1-5-3(2-6)4(7)8;4-2(1-5)3(6)7/h3,5-6H,2H2,1H3,(H,7,8);2,5H,1,4H2,(H,6,7). The molecule has 0 saturated carbocycles. The molecule has 0 bridgehead atoms. The van der Waals surface area contributed by atoms with Gasteiger partial charge in [0.05, 0.1) is 13.2 Å². The van der Waals surface area contributed by atoms with E-state index >= 15 is 0 Å². The van der Waals surface area contributed by atoms with Crippen molar-refractivity contribution < 1.29 is 30.0 Å². The van der Waals surface area contributed by atoms with Crippen molar-refractivity contribution in [2.24, 2.45) is 5.73 Å². The summed E-state index contributed by atoms with van der Waals surface area (Å²) in [4.78, 5) is 19.6. The molecule has 2 atom stereocenters. The third kappa shape index (κ3) is 9.09. The zero-order chi connectivity index (χ0) is 12.4. The number of aliphatic carboxylic acids is 2. The Labute approximate surface area is 86.3 Å². The highest BCUT2D eigenvalue weighted by Crippen LogP contribution is 1.76. The number of nitrogens with two attached hydrogens (primary N) is 1. The Morgan fingerprint density at radius 2 is 1.67 bits per heavy atom. The van der Waals surface area contributed by atoms with Crippen molar-refractivity contribution in [1.29, 1.82) is 0 Å². The van der Waals surface area contributed by atoms with Gasteiger partial charge >= 0.3 is 11.9 Å². The Bertz CT molecular complexity index is 194. The summed E-state index contributed by atoms with van der Waals surface area (Å²) in [6, 6.07) is -1.95. The molecule has 0 aliphatic rings. The number of aliphatic hydroxyl groups is 2. The summed E-state index contributed by atoms with van der Waals surface area (Å²) in [6.07, 6.45) is 0. The summed E-state index contributed by atoms with van der Waals surface area (Å²) in [6.45, 7) is -0.874. The molecule has 8 nitrogen and oxygen atoms in total. The second-order valence-corrected chi connectivity index (χ2v) is 2.49. The number of aliphatic hydroxyl groups excluding tert-OH is 2. The molecule has 0 aromatic rings. The molecule has 15 heavy (non-hydrogen) atoms. The van der Waals surface area contributed by atoms with E-state index in [9.17, 15) is 9.59 Å². The monoisotopic (exact) mass is 224 g/mol. The third-order valence-electron chi connectivity index (χ3n) is 1.34. The van der Waals surface area contributed by atoms with Crippen molar-refractivity contribution >= 4 is 11.9 Å². The molecule has 0 saturated heterocycles. The average Bonchev–Trinajstić information content (AvgIpc) is 2.18. The predicted octanol–water partition coefficient (Wildman–Crippen LogP) is -2.96. The summed E-state index contributed by atoms with van der Waals surface area (Å²) in [5.41, 5.74) is 4.77. The van der Waals surface area contributed by atoms with Crippen LogP contribution in [0.5, 0.6) is 0 Å². The minimum atomic E-state index is -1.18. The van der Waals surface area contributed by atoms with Gasteiger partial charge in [-0.2, -0.15) is 0 Å². The number of hydrogen-bond donors (Lipinski definition) is 6. The normalized spacial score (nSPS) is 13.3. The molecule has 8 heteroatoms. The van der Waals surface area contributed by atoms with Gasteiger partial charge < -0.3 is 31.5 Å². The summed E-state index contributed by atoms with van der Waals surface area (Å²) in [7, 11) is 1.48. The van der Waals surface area contributed by atoms with Crippen LogP contribution in [0.3, 0.4) is 0 Å². The van der Waals surface area contributed by atoms with Crippen LogP contribution >= 0.6 is 0 Å². The van der Waals surface area contributed by atoms with Crippen molar-refractivity contribution in [2.45, 2.75) is 12.1 Å². The Kier molecular flexibility index (Phi) is 10.1. The molecule has 0 aliphatic heterocycles. The van der Waals surface area contributed by atoms with Gasteiger partial charge in [0, 0.05) is 0 Å². The van der Waals surface area contributed by atoms with E-state index in [1.807, 2.05) is 0 Å². The van der Waals surface area contributed by atoms with Crippen molar-refractivity contribution in [3.05, 3.63) is 0 Å². The summed E-state index contributed by atoms with van der Waals surface area (Å²) in [5, 5.41) is 34.7. The smallest absolute Gasteiger partial charge is 0.323 e. The van der Waals surface area contributed by atoms with Gasteiger partial charge in [-0.1, -0.05) is 0 Å². The Balaban J connectivity index is 0. The molecule has 0 aromatic carbocycles. The fourth-order valence-electron chi connectivity index (χ4n) is 0.371. The first-order valence-electron chi connectivity index (χ1n) is 4.00. The minimum Gasteiger partial charge on any atom is -0.480 e. The number of carboxylic acid groups (broad SMARTS) is 2. The van der Waals surface area contributed by atoms with Crippen LogP contribution in [-0.2, 0) is 9.59 Å². The number of likely N-dealkylation sites (N-methyl/N-ethyl adjacent to an activating group) is 1. The SMILES string of the molecule is CNC(CO)C(=O)O.NC(CO)C(=O)O. The lowest BCUT2D eigenvalue weighted by Crippen LogP contribution is -2.36. The van der Waals surface area contributed by atoms with Crippen LogP contribution in [0.4, 0.5) is 0 Å². The third-order valence-corrected chi connectivity index (χ3v) is 1.34. The zero-order valence-corrected chi connectivity index (χ0v) is 8.25. The Morgan fingerprint density at radius 3 is 1.67 bits per heavy atom. The van der Waals surface area contributed by atoms with E-state index in [4.69, 9.17) is 26.2 Å². The van der Waals surface area contributed by atoms with E-state index in [1.54, 1.807) is 0 Å². The van der Waals surface area contributed by atoms with Gasteiger partial charge in [0.15, 0.2) is 0 Å².